The fourth-order valence-corrected chi connectivity index (χ4v) is 4.09. The largest absolute Gasteiger partial charge is 0.352 e. The number of ketones is 2. The molecule has 1 fully saturated rings. The Morgan fingerprint density at radius 2 is 1.79 bits per heavy atom. The van der Waals surface area contributed by atoms with E-state index in [1.54, 1.807) is 0 Å². The molecule has 1 aromatic heterocycles. The van der Waals surface area contributed by atoms with Crippen molar-refractivity contribution in [3.63, 3.8) is 0 Å². The van der Waals surface area contributed by atoms with Gasteiger partial charge in [-0.25, -0.2) is 0 Å². The molecular weight excluding hydrogens is 378 g/mol. The minimum Gasteiger partial charge on any atom is -0.352 e. The van der Waals surface area contributed by atoms with Crippen molar-refractivity contribution in [2.75, 3.05) is 6.54 Å². The fraction of sp³-hybridized carbons (Fsp3) is 0.364. The molecule has 1 heterocycles. The zero-order valence-electron chi connectivity index (χ0n) is 16.5. The summed E-state index contributed by atoms with van der Waals surface area (Å²) in [5.74, 6) is -4.47. The minimum absolute atomic E-state index is 0.0952. The number of carbonyl (C=O) groups is 3. The maximum Gasteiger partial charge on any atom is 0.255 e. The predicted molar refractivity (Wildman–Crippen MR) is 103 cm³/mol. The second-order valence-corrected chi connectivity index (χ2v) is 7.53. The molecule has 29 heavy (non-hydrogen) atoms. The number of hydrogen-bond acceptors (Lipinski definition) is 4. The van der Waals surface area contributed by atoms with E-state index in [-0.39, 0.29) is 36.5 Å². The van der Waals surface area contributed by atoms with Crippen LogP contribution in [0.25, 0.3) is 0 Å². The van der Waals surface area contributed by atoms with E-state index in [4.69, 9.17) is 0 Å². The summed E-state index contributed by atoms with van der Waals surface area (Å²) in [6.45, 7) is 5.86. The molecule has 1 aromatic carbocycles. The summed E-state index contributed by atoms with van der Waals surface area (Å²) in [7, 11) is 0. The van der Waals surface area contributed by atoms with E-state index in [0.29, 0.717) is 0 Å². The average molecular weight is 400 g/mol. The minimum atomic E-state index is -1.19. The average Bonchev–Trinajstić information content (AvgIpc) is 2.89. The van der Waals surface area contributed by atoms with Gasteiger partial charge in [-0.15, -0.1) is 0 Å². The van der Waals surface area contributed by atoms with Gasteiger partial charge in [-0.1, -0.05) is 17.7 Å². The van der Waals surface area contributed by atoms with E-state index < -0.39 is 29.6 Å². The van der Waals surface area contributed by atoms with Crippen LogP contribution in [0.2, 0.25) is 0 Å². The Kier molecular flexibility index (Phi) is 5.86. The van der Waals surface area contributed by atoms with Gasteiger partial charge < -0.3 is 5.32 Å². The summed E-state index contributed by atoms with van der Waals surface area (Å²) in [5, 5.41) is 2.50. The number of benzene rings is 1. The van der Waals surface area contributed by atoms with E-state index in [0.717, 1.165) is 34.4 Å². The number of Topliss-reactive ketones (excluding diaryl/α,β-unsaturated/α-hetero) is 2. The molecule has 7 heteroatoms. The molecule has 1 saturated carbocycles. The van der Waals surface area contributed by atoms with Crippen LogP contribution in [-0.2, 0) is 9.59 Å². The van der Waals surface area contributed by atoms with E-state index >= 15 is 0 Å². The van der Waals surface area contributed by atoms with E-state index in [9.17, 15) is 23.2 Å². The summed E-state index contributed by atoms with van der Waals surface area (Å²) in [5.41, 5.74) is 3.31. The fourth-order valence-electron chi connectivity index (χ4n) is 4.09. The van der Waals surface area contributed by atoms with Gasteiger partial charge >= 0.3 is 0 Å². The molecule has 1 aliphatic carbocycles. The summed E-state index contributed by atoms with van der Waals surface area (Å²) in [4.78, 5) is 40.5. The number of aromatic nitrogens is 1. The standard InChI is InChI=1S/C22H22F2N2O3/c1-11-8-12(2)18(13(3)9-11)19-16(27)10-14(20(19)28)6-7-25-22(29)15-4-5-17(23)26-21(15)24/h4-5,8-9,14,19H,6-7,10H2,1-3H3,(H,25,29). The first-order valence-corrected chi connectivity index (χ1v) is 9.43. The molecule has 2 unspecified atom stereocenters. The highest BCUT2D eigenvalue weighted by molar-refractivity contribution is 6.15. The number of nitrogens with zero attached hydrogens (tertiary/aromatic N) is 1. The number of aryl methyl sites for hydroxylation is 3. The van der Waals surface area contributed by atoms with Crippen LogP contribution in [0, 0.1) is 38.6 Å². The van der Waals surface area contributed by atoms with Crippen LogP contribution >= 0.6 is 0 Å². The zero-order chi connectivity index (χ0) is 21.3. The molecular formula is C22H22F2N2O3. The number of hydrogen-bond donors (Lipinski definition) is 1. The lowest BCUT2D eigenvalue weighted by molar-refractivity contribution is -0.124. The molecule has 0 saturated heterocycles. The summed E-state index contributed by atoms with van der Waals surface area (Å²) >= 11 is 0. The highest BCUT2D eigenvalue weighted by atomic mass is 19.1. The van der Waals surface area contributed by atoms with Gasteiger partial charge in [0.1, 0.15) is 11.7 Å². The number of amides is 1. The van der Waals surface area contributed by atoms with Crippen molar-refractivity contribution >= 4 is 17.5 Å². The van der Waals surface area contributed by atoms with Crippen LogP contribution in [0.4, 0.5) is 8.78 Å². The van der Waals surface area contributed by atoms with Gasteiger partial charge in [-0.3, -0.25) is 14.4 Å². The Balaban J connectivity index is 1.66. The van der Waals surface area contributed by atoms with Crippen molar-refractivity contribution < 1.29 is 23.2 Å². The molecule has 2 atom stereocenters. The Hall–Kier alpha value is -2.96. The maximum absolute atomic E-state index is 13.6. The van der Waals surface area contributed by atoms with Gasteiger partial charge in [0, 0.05) is 18.9 Å². The van der Waals surface area contributed by atoms with Crippen LogP contribution in [0.1, 0.15) is 51.4 Å². The molecule has 3 rings (SSSR count). The van der Waals surface area contributed by atoms with Crippen LogP contribution in [0.15, 0.2) is 24.3 Å². The first-order chi connectivity index (χ1) is 13.7. The molecule has 2 aromatic rings. The molecule has 1 aliphatic rings. The molecule has 152 valence electrons. The quantitative estimate of drug-likeness (QED) is 0.617. The van der Waals surface area contributed by atoms with Crippen molar-refractivity contribution in [3.05, 3.63) is 64.0 Å². The molecule has 1 amide bonds. The zero-order valence-corrected chi connectivity index (χ0v) is 16.5. The second kappa shape index (κ2) is 8.19. The van der Waals surface area contributed by atoms with E-state index in [1.165, 1.54) is 0 Å². The maximum atomic E-state index is 13.6. The molecule has 1 N–H and O–H groups in total. The number of pyridine rings is 1. The van der Waals surface area contributed by atoms with Crippen molar-refractivity contribution in [1.29, 1.82) is 0 Å². The van der Waals surface area contributed by atoms with Gasteiger partial charge in [-0.2, -0.15) is 13.8 Å². The lowest BCUT2D eigenvalue weighted by Gasteiger charge is -2.16. The Bertz CT molecular complexity index is 981. The smallest absolute Gasteiger partial charge is 0.255 e. The Labute approximate surface area is 167 Å². The topological polar surface area (TPSA) is 76.1 Å². The second-order valence-electron chi connectivity index (χ2n) is 7.53. The third kappa shape index (κ3) is 4.23. The Morgan fingerprint density at radius 1 is 1.14 bits per heavy atom. The Morgan fingerprint density at radius 3 is 2.41 bits per heavy atom. The molecule has 0 bridgehead atoms. The van der Waals surface area contributed by atoms with E-state index in [2.05, 4.69) is 10.3 Å². The third-order valence-electron chi connectivity index (χ3n) is 5.32. The molecule has 5 nitrogen and oxygen atoms in total. The van der Waals surface area contributed by atoms with Crippen molar-refractivity contribution in [3.8, 4) is 0 Å². The predicted octanol–water partition coefficient (Wildman–Crippen LogP) is 3.35. The summed E-state index contributed by atoms with van der Waals surface area (Å²) in [6, 6.07) is 5.83. The highest BCUT2D eigenvalue weighted by Gasteiger charge is 2.42. The first kappa shape index (κ1) is 20.8. The van der Waals surface area contributed by atoms with Gasteiger partial charge in [0.05, 0.1) is 5.56 Å². The van der Waals surface area contributed by atoms with Crippen molar-refractivity contribution in [2.24, 2.45) is 5.92 Å². The van der Waals surface area contributed by atoms with Crippen LogP contribution in [0.5, 0.6) is 0 Å². The number of halogens is 2. The lowest BCUT2D eigenvalue weighted by Crippen LogP contribution is -2.28. The number of rotatable bonds is 5. The van der Waals surface area contributed by atoms with Crippen LogP contribution in [0.3, 0.4) is 0 Å². The van der Waals surface area contributed by atoms with Crippen molar-refractivity contribution in [2.45, 2.75) is 39.5 Å². The summed E-state index contributed by atoms with van der Waals surface area (Å²) < 4.78 is 26.4. The number of nitrogens with one attached hydrogen (secondary N) is 1. The number of carbonyl (C=O) groups excluding carboxylic acids is 3. The molecule has 0 spiro atoms. The van der Waals surface area contributed by atoms with Crippen molar-refractivity contribution in [1.82, 2.24) is 10.3 Å². The SMILES string of the molecule is Cc1cc(C)c(C2C(=O)CC(CCNC(=O)c3ccc(F)nc3F)C2=O)c(C)c1. The van der Waals surface area contributed by atoms with Gasteiger partial charge in [-0.05, 0) is 56.0 Å². The van der Waals surface area contributed by atoms with E-state index in [1.807, 2.05) is 32.9 Å². The normalized spacial score (nSPS) is 18.9. The monoisotopic (exact) mass is 400 g/mol. The van der Waals surface area contributed by atoms with Gasteiger partial charge in [0.15, 0.2) is 5.78 Å². The highest BCUT2D eigenvalue weighted by Crippen LogP contribution is 2.37. The third-order valence-corrected chi connectivity index (χ3v) is 5.32. The lowest BCUT2D eigenvalue weighted by atomic mass is 9.86. The van der Waals surface area contributed by atoms with Crippen LogP contribution < -0.4 is 5.32 Å². The molecule has 0 aliphatic heterocycles. The first-order valence-electron chi connectivity index (χ1n) is 9.43. The summed E-state index contributed by atoms with van der Waals surface area (Å²) in [6.07, 6.45) is 0.394. The van der Waals surface area contributed by atoms with Crippen LogP contribution in [-0.4, -0.2) is 29.0 Å². The van der Waals surface area contributed by atoms with Gasteiger partial charge in [0.2, 0.25) is 11.9 Å². The van der Waals surface area contributed by atoms with Gasteiger partial charge in [0.25, 0.3) is 5.91 Å². The molecule has 0 radical (unpaired) electrons.